The van der Waals surface area contributed by atoms with Crippen LogP contribution in [0, 0.1) is 6.92 Å². The predicted octanol–water partition coefficient (Wildman–Crippen LogP) is 0.151. The number of nitrogens with zero attached hydrogens (tertiary/aromatic N) is 1. The minimum Gasteiger partial charge on any atom is -0.336 e. The van der Waals surface area contributed by atoms with Crippen molar-refractivity contribution in [3.63, 3.8) is 0 Å². The van der Waals surface area contributed by atoms with Crippen LogP contribution in [0.2, 0.25) is 0 Å². The van der Waals surface area contributed by atoms with Crippen molar-refractivity contribution in [2.45, 2.75) is 6.92 Å². The van der Waals surface area contributed by atoms with Crippen LogP contribution >= 0.6 is 12.4 Å². The van der Waals surface area contributed by atoms with Gasteiger partial charge in [0.1, 0.15) is 5.56 Å². The van der Waals surface area contributed by atoms with Gasteiger partial charge in [-0.2, -0.15) is 0 Å². The number of hydrogen-bond donors (Lipinski definition) is 2. The highest BCUT2D eigenvalue weighted by Gasteiger charge is 2.19. The monoisotopic (exact) mass is 257 g/mol. The third kappa shape index (κ3) is 3.08. The first kappa shape index (κ1) is 13.7. The highest BCUT2D eigenvalue weighted by Crippen LogP contribution is 2.01. The Bertz CT molecular complexity index is 452. The zero-order valence-electron chi connectivity index (χ0n) is 9.66. The van der Waals surface area contributed by atoms with Crippen molar-refractivity contribution >= 4 is 18.3 Å². The zero-order chi connectivity index (χ0) is 11.5. The molecule has 1 amide bonds. The van der Waals surface area contributed by atoms with Crippen molar-refractivity contribution in [2.24, 2.45) is 0 Å². The number of aromatic amines is 1. The molecule has 1 aliphatic rings. The van der Waals surface area contributed by atoms with E-state index in [1.165, 1.54) is 0 Å². The Morgan fingerprint density at radius 1 is 1.29 bits per heavy atom. The van der Waals surface area contributed by atoms with Gasteiger partial charge in [0, 0.05) is 31.9 Å². The van der Waals surface area contributed by atoms with Crippen molar-refractivity contribution in [1.29, 1.82) is 0 Å². The van der Waals surface area contributed by atoms with Gasteiger partial charge in [-0.3, -0.25) is 9.59 Å². The van der Waals surface area contributed by atoms with E-state index in [1.54, 1.807) is 24.0 Å². The van der Waals surface area contributed by atoms with E-state index in [0.717, 1.165) is 18.8 Å². The van der Waals surface area contributed by atoms with Crippen LogP contribution in [-0.2, 0) is 0 Å². The largest absolute Gasteiger partial charge is 0.336 e. The number of carbonyl (C=O) groups excluding carboxylic acids is 1. The van der Waals surface area contributed by atoms with Gasteiger partial charge in [0.2, 0.25) is 0 Å². The lowest BCUT2D eigenvalue weighted by Crippen LogP contribution is -2.47. The second-order valence-electron chi connectivity index (χ2n) is 3.93. The molecule has 0 spiro atoms. The summed E-state index contributed by atoms with van der Waals surface area (Å²) in [7, 11) is 0. The van der Waals surface area contributed by atoms with E-state index in [4.69, 9.17) is 0 Å². The molecule has 0 saturated carbocycles. The van der Waals surface area contributed by atoms with Gasteiger partial charge < -0.3 is 15.2 Å². The number of piperazine rings is 1. The number of nitrogens with one attached hydrogen (secondary N) is 2. The fourth-order valence-electron chi connectivity index (χ4n) is 1.78. The number of H-pyrrole nitrogens is 1. The Balaban J connectivity index is 0.00000144. The van der Waals surface area contributed by atoms with E-state index < -0.39 is 0 Å². The zero-order valence-corrected chi connectivity index (χ0v) is 10.5. The molecule has 0 radical (unpaired) electrons. The Kier molecular flexibility index (Phi) is 4.72. The Hall–Kier alpha value is -1.33. The van der Waals surface area contributed by atoms with E-state index in [1.807, 2.05) is 0 Å². The molecule has 6 heteroatoms. The van der Waals surface area contributed by atoms with Crippen molar-refractivity contribution in [3.05, 3.63) is 33.7 Å². The lowest BCUT2D eigenvalue weighted by molar-refractivity contribution is 0.0734. The van der Waals surface area contributed by atoms with E-state index >= 15 is 0 Å². The molecule has 1 aliphatic heterocycles. The first-order chi connectivity index (χ1) is 7.68. The molecule has 0 aromatic carbocycles. The van der Waals surface area contributed by atoms with Crippen LogP contribution in [0.5, 0.6) is 0 Å². The molecule has 94 valence electrons. The molecule has 1 fully saturated rings. The predicted molar refractivity (Wildman–Crippen MR) is 67.8 cm³/mol. The summed E-state index contributed by atoms with van der Waals surface area (Å²) in [6.07, 6.45) is 0. The van der Waals surface area contributed by atoms with Gasteiger partial charge in [-0.1, -0.05) is 0 Å². The van der Waals surface area contributed by atoms with Gasteiger partial charge in [-0.15, -0.1) is 12.4 Å². The number of carbonyl (C=O) groups is 1. The normalized spacial score (nSPS) is 15.2. The number of pyridine rings is 1. The molecule has 5 nitrogen and oxygen atoms in total. The lowest BCUT2D eigenvalue weighted by atomic mass is 10.2. The molecule has 17 heavy (non-hydrogen) atoms. The summed E-state index contributed by atoms with van der Waals surface area (Å²) in [5, 5.41) is 3.16. The summed E-state index contributed by atoms with van der Waals surface area (Å²) in [6.45, 7) is 4.68. The maximum Gasteiger partial charge on any atom is 0.260 e. The lowest BCUT2D eigenvalue weighted by Gasteiger charge is -2.27. The van der Waals surface area contributed by atoms with Gasteiger partial charge in [0.05, 0.1) is 0 Å². The number of hydrogen-bond acceptors (Lipinski definition) is 3. The summed E-state index contributed by atoms with van der Waals surface area (Å²) in [5.74, 6) is -0.178. The fourth-order valence-corrected chi connectivity index (χ4v) is 1.78. The van der Waals surface area contributed by atoms with Crippen LogP contribution in [0.15, 0.2) is 16.9 Å². The standard InChI is InChI=1S/C11H15N3O2.ClH/c1-8-2-3-9(10(15)13-8)11(16)14-6-4-12-5-7-14;/h2-3,12H,4-7H2,1H3,(H,13,15);1H. The van der Waals surface area contributed by atoms with Gasteiger partial charge in [-0.05, 0) is 19.1 Å². The Morgan fingerprint density at radius 3 is 2.53 bits per heavy atom. The van der Waals surface area contributed by atoms with Crippen LogP contribution in [-0.4, -0.2) is 42.0 Å². The highest BCUT2D eigenvalue weighted by molar-refractivity contribution is 5.93. The maximum atomic E-state index is 12.0. The van der Waals surface area contributed by atoms with E-state index in [-0.39, 0.29) is 29.4 Å². The molecule has 2 rings (SSSR count). The number of aryl methyl sites for hydroxylation is 1. The van der Waals surface area contributed by atoms with Crippen LogP contribution in [0.4, 0.5) is 0 Å². The molecule has 1 aromatic heterocycles. The van der Waals surface area contributed by atoms with Crippen molar-refractivity contribution in [1.82, 2.24) is 15.2 Å². The number of aromatic nitrogens is 1. The average molecular weight is 258 g/mol. The van der Waals surface area contributed by atoms with Crippen molar-refractivity contribution < 1.29 is 4.79 Å². The number of halogens is 1. The van der Waals surface area contributed by atoms with Crippen molar-refractivity contribution in [3.8, 4) is 0 Å². The van der Waals surface area contributed by atoms with E-state index in [0.29, 0.717) is 13.1 Å². The van der Waals surface area contributed by atoms with E-state index in [9.17, 15) is 9.59 Å². The van der Waals surface area contributed by atoms with Gasteiger partial charge in [0.15, 0.2) is 0 Å². The van der Waals surface area contributed by atoms with E-state index in [2.05, 4.69) is 10.3 Å². The summed E-state index contributed by atoms with van der Waals surface area (Å²) in [6, 6.07) is 3.34. The fraction of sp³-hybridized carbons (Fsp3) is 0.455. The molecule has 2 heterocycles. The summed E-state index contributed by atoms with van der Waals surface area (Å²) in [5.41, 5.74) is 0.692. The average Bonchev–Trinajstić information content (AvgIpc) is 2.29. The second kappa shape index (κ2) is 5.84. The third-order valence-electron chi connectivity index (χ3n) is 2.69. The maximum absolute atomic E-state index is 12.0. The first-order valence-corrected chi connectivity index (χ1v) is 5.38. The summed E-state index contributed by atoms with van der Waals surface area (Å²) in [4.78, 5) is 28.0. The van der Waals surface area contributed by atoms with Crippen LogP contribution in [0.3, 0.4) is 0 Å². The molecule has 0 aliphatic carbocycles. The Morgan fingerprint density at radius 2 is 1.94 bits per heavy atom. The minimum absolute atomic E-state index is 0. The molecule has 0 atom stereocenters. The molecule has 2 N–H and O–H groups in total. The van der Waals surface area contributed by atoms with Gasteiger partial charge in [-0.25, -0.2) is 0 Å². The Labute approximate surface area is 106 Å². The molecule has 0 bridgehead atoms. The molecular weight excluding hydrogens is 242 g/mol. The SMILES string of the molecule is Cc1ccc(C(=O)N2CCNCC2)c(=O)[nH]1.Cl. The summed E-state index contributed by atoms with van der Waals surface area (Å²) >= 11 is 0. The number of rotatable bonds is 1. The second-order valence-corrected chi connectivity index (χ2v) is 3.93. The molecule has 0 unspecified atom stereocenters. The molecule has 1 aromatic rings. The van der Waals surface area contributed by atoms with Gasteiger partial charge in [0.25, 0.3) is 11.5 Å². The molecule has 1 saturated heterocycles. The smallest absolute Gasteiger partial charge is 0.260 e. The number of amides is 1. The minimum atomic E-state index is -0.302. The molecular formula is C11H16ClN3O2. The third-order valence-corrected chi connectivity index (χ3v) is 2.69. The first-order valence-electron chi connectivity index (χ1n) is 5.38. The van der Waals surface area contributed by atoms with Crippen molar-refractivity contribution in [2.75, 3.05) is 26.2 Å². The summed E-state index contributed by atoms with van der Waals surface area (Å²) < 4.78 is 0. The van der Waals surface area contributed by atoms with Crippen LogP contribution in [0.25, 0.3) is 0 Å². The van der Waals surface area contributed by atoms with Gasteiger partial charge >= 0.3 is 0 Å². The van der Waals surface area contributed by atoms with Crippen LogP contribution < -0.4 is 10.9 Å². The van der Waals surface area contributed by atoms with Crippen LogP contribution in [0.1, 0.15) is 16.1 Å². The quantitative estimate of drug-likeness (QED) is 0.753. The topological polar surface area (TPSA) is 65.2 Å². The highest BCUT2D eigenvalue weighted by atomic mass is 35.5.